The molecule has 1 fully saturated rings. The van der Waals surface area contributed by atoms with Crippen LogP contribution in [0.4, 0.5) is 5.82 Å². The minimum Gasteiger partial charge on any atom is -0.493 e. The van der Waals surface area contributed by atoms with Gasteiger partial charge in [-0.3, -0.25) is 0 Å². The summed E-state index contributed by atoms with van der Waals surface area (Å²) in [5.41, 5.74) is -0.831. The predicted molar refractivity (Wildman–Crippen MR) is 64.3 cm³/mol. The number of hydrogen-bond donors (Lipinski definition) is 2. The van der Waals surface area contributed by atoms with Crippen molar-refractivity contribution in [1.82, 2.24) is 4.98 Å². The highest BCUT2D eigenvalue weighted by Gasteiger charge is 2.39. The Morgan fingerprint density at radius 2 is 2.53 bits per heavy atom. The van der Waals surface area contributed by atoms with Crippen LogP contribution in [0.2, 0.25) is 0 Å². The zero-order valence-corrected chi connectivity index (χ0v) is 10.1. The number of methoxy groups -OCH3 is 1. The summed E-state index contributed by atoms with van der Waals surface area (Å²) in [6, 6.07) is 3.63. The highest BCUT2D eigenvalue weighted by molar-refractivity contribution is 5.49. The standard InChI is InChI=1S/C12H18N2O3/c1-9-12(15,5-7-17-9)8-14-11-10(16-2)4-3-6-13-11/h3-4,6,9,15H,5,7-8H2,1-2H3,(H,13,14). The fraction of sp³-hybridized carbons (Fsp3) is 0.583. The van der Waals surface area contributed by atoms with Crippen molar-refractivity contribution in [3.05, 3.63) is 18.3 Å². The first-order valence-corrected chi connectivity index (χ1v) is 5.72. The molecule has 17 heavy (non-hydrogen) atoms. The lowest BCUT2D eigenvalue weighted by Gasteiger charge is -2.26. The van der Waals surface area contributed by atoms with Crippen molar-refractivity contribution in [1.29, 1.82) is 0 Å². The van der Waals surface area contributed by atoms with E-state index in [9.17, 15) is 5.11 Å². The average molecular weight is 238 g/mol. The summed E-state index contributed by atoms with van der Waals surface area (Å²) in [7, 11) is 1.60. The SMILES string of the molecule is COc1cccnc1NCC1(O)CCOC1C. The fourth-order valence-corrected chi connectivity index (χ4v) is 1.93. The Balaban J connectivity index is 2.02. The number of nitrogens with zero attached hydrogens (tertiary/aromatic N) is 1. The second kappa shape index (κ2) is 4.89. The molecule has 0 saturated carbocycles. The maximum Gasteiger partial charge on any atom is 0.168 e. The summed E-state index contributed by atoms with van der Waals surface area (Å²) < 4.78 is 10.6. The van der Waals surface area contributed by atoms with Crippen LogP contribution in [0.1, 0.15) is 13.3 Å². The van der Waals surface area contributed by atoms with Gasteiger partial charge in [0.05, 0.1) is 13.2 Å². The lowest BCUT2D eigenvalue weighted by atomic mass is 9.97. The second-order valence-corrected chi connectivity index (χ2v) is 4.27. The van der Waals surface area contributed by atoms with Crippen molar-refractivity contribution >= 4 is 5.82 Å². The van der Waals surface area contributed by atoms with Gasteiger partial charge in [-0.1, -0.05) is 0 Å². The molecule has 94 valence electrons. The number of anilines is 1. The minimum absolute atomic E-state index is 0.162. The van der Waals surface area contributed by atoms with Crippen LogP contribution in [0.3, 0.4) is 0 Å². The lowest BCUT2D eigenvalue weighted by molar-refractivity contribution is -0.0176. The van der Waals surface area contributed by atoms with Crippen molar-refractivity contribution in [3.8, 4) is 5.75 Å². The van der Waals surface area contributed by atoms with Crippen LogP contribution in [-0.2, 0) is 4.74 Å². The van der Waals surface area contributed by atoms with Gasteiger partial charge in [0.15, 0.2) is 11.6 Å². The molecule has 2 heterocycles. The highest BCUT2D eigenvalue weighted by Crippen LogP contribution is 2.27. The third-order valence-electron chi connectivity index (χ3n) is 3.21. The molecule has 0 amide bonds. The van der Waals surface area contributed by atoms with E-state index in [1.807, 2.05) is 13.0 Å². The molecule has 0 aromatic carbocycles. The van der Waals surface area contributed by atoms with E-state index in [-0.39, 0.29) is 6.10 Å². The van der Waals surface area contributed by atoms with Crippen LogP contribution in [0.5, 0.6) is 5.75 Å². The summed E-state index contributed by atoms with van der Waals surface area (Å²) in [6.45, 7) is 2.88. The van der Waals surface area contributed by atoms with Crippen LogP contribution in [-0.4, -0.2) is 42.1 Å². The normalized spacial score (nSPS) is 28.1. The van der Waals surface area contributed by atoms with E-state index in [0.29, 0.717) is 31.1 Å². The molecule has 0 bridgehead atoms. The van der Waals surface area contributed by atoms with Gasteiger partial charge in [-0.2, -0.15) is 0 Å². The third kappa shape index (κ3) is 2.50. The van der Waals surface area contributed by atoms with E-state index in [4.69, 9.17) is 9.47 Å². The zero-order valence-electron chi connectivity index (χ0n) is 10.1. The zero-order chi connectivity index (χ0) is 12.3. The molecule has 1 saturated heterocycles. The molecule has 2 rings (SSSR count). The smallest absolute Gasteiger partial charge is 0.168 e. The lowest BCUT2D eigenvalue weighted by Crippen LogP contribution is -2.43. The van der Waals surface area contributed by atoms with E-state index in [2.05, 4.69) is 10.3 Å². The number of aliphatic hydroxyl groups is 1. The predicted octanol–water partition coefficient (Wildman–Crippen LogP) is 1.04. The quantitative estimate of drug-likeness (QED) is 0.820. The summed E-state index contributed by atoms with van der Waals surface area (Å²) in [5, 5.41) is 13.4. The van der Waals surface area contributed by atoms with Crippen molar-refractivity contribution in [2.45, 2.75) is 25.0 Å². The number of pyridine rings is 1. The first-order valence-electron chi connectivity index (χ1n) is 5.72. The van der Waals surface area contributed by atoms with Crippen LogP contribution in [0.25, 0.3) is 0 Å². The minimum atomic E-state index is -0.831. The van der Waals surface area contributed by atoms with Gasteiger partial charge in [0.1, 0.15) is 5.60 Å². The number of hydrogen-bond acceptors (Lipinski definition) is 5. The van der Waals surface area contributed by atoms with E-state index in [1.165, 1.54) is 0 Å². The highest BCUT2D eigenvalue weighted by atomic mass is 16.5. The van der Waals surface area contributed by atoms with Crippen molar-refractivity contribution in [2.75, 3.05) is 25.6 Å². The van der Waals surface area contributed by atoms with Crippen molar-refractivity contribution < 1.29 is 14.6 Å². The van der Waals surface area contributed by atoms with E-state index >= 15 is 0 Å². The molecule has 1 aromatic rings. The average Bonchev–Trinajstić information content (AvgIpc) is 2.68. The monoisotopic (exact) mass is 238 g/mol. The van der Waals surface area contributed by atoms with Gasteiger partial charge in [-0.15, -0.1) is 0 Å². The van der Waals surface area contributed by atoms with Crippen molar-refractivity contribution in [2.24, 2.45) is 0 Å². The second-order valence-electron chi connectivity index (χ2n) is 4.27. The first kappa shape index (κ1) is 12.1. The topological polar surface area (TPSA) is 63.6 Å². The molecule has 0 radical (unpaired) electrons. The molecule has 2 atom stereocenters. The van der Waals surface area contributed by atoms with Gasteiger partial charge in [0.2, 0.25) is 0 Å². The number of rotatable bonds is 4. The summed E-state index contributed by atoms with van der Waals surface area (Å²) >= 11 is 0. The first-order chi connectivity index (χ1) is 8.15. The Bertz CT molecular complexity index is 386. The Hall–Kier alpha value is -1.33. The van der Waals surface area contributed by atoms with Gasteiger partial charge < -0.3 is 19.9 Å². The largest absolute Gasteiger partial charge is 0.493 e. The molecule has 5 nitrogen and oxygen atoms in total. The van der Waals surface area contributed by atoms with E-state index in [0.717, 1.165) is 0 Å². The number of ether oxygens (including phenoxy) is 2. The molecule has 1 aromatic heterocycles. The maximum atomic E-state index is 10.3. The van der Waals surface area contributed by atoms with Gasteiger partial charge >= 0.3 is 0 Å². The molecule has 0 spiro atoms. The number of nitrogens with one attached hydrogen (secondary N) is 1. The fourth-order valence-electron chi connectivity index (χ4n) is 1.93. The van der Waals surface area contributed by atoms with E-state index < -0.39 is 5.60 Å². The van der Waals surface area contributed by atoms with Gasteiger partial charge in [-0.05, 0) is 19.1 Å². The van der Waals surface area contributed by atoms with Gasteiger partial charge in [0, 0.05) is 25.8 Å². The molecule has 5 heteroatoms. The summed E-state index contributed by atoms with van der Waals surface area (Å²) in [5.74, 6) is 1.31. The maximum absolute atomic E-state index is 10.3. The Kier molecular flexibility index (Phi) is 3.49. The molecule has 0 aliphatic carbocycles. The van der Waals surface area contributed by atoms with Crippen LogP contribution >= 0.6 is 0 Å². The molecule has 2 unspecified atom stereocenters. The van der Waals surface area contributed by atoms with Gasteiger partial charge in [0.25, 0.3) is 0 Å². The van der Waals surface area contributed by atoms with E-state index in [1.54, 1.807) is 19.4 Å². The molecular formula is C12H18N2O3. The van der Waals surface area contributed by atoms with Crippen LogP contribution in [0.15, 0.2) is 18.3 Å². The Morgan fingerprint density at radius 1 is 1.71 bits per heavy atom. The van der Waals surface area contributed by atoms with Crippen LogP contribution < -0.4 is 10.1 Å². The molecule has 2 N–H and O–H groups in total. The van der Waals surface area contributed by atoms with Gasteiger partial charge in [-0.25, -0.2) is 4.98 Å². The summed E-state index contributed by atoms with van der Waals surface area (Å²) in [6.07, 6.45) is 2.16. The van der Waals surface area contributed by atoms with Crippen LogP contribution in [0, 0.1) is 0 Å². The van der Waals surface area contributed by atoms with Crippen molar-refractivity contribution in [3.63, 3.8) is 0 Å². The summed E-state index contributed by atoms with van der Waals surface area (Å²) in [4.78, 5) is 4.18. The number of aromatic nitrogens is 1. The molecule has 1 aliphatic rings. The molecular weight excluding hydrogens is 220 g/mol. The Labute approximate surface area is 101 Å². The Morgan fingerprint density at radius 3 is 3.18 bits per heavy atom. The molecule has 1 aliphatic heterocycles. The third-order valence-corrected chi connectivity index (χ3v) is 3.21.